The molecule has 11 heteroatoms. The number of fused-ring (bicyclic) bond motifs is 1. The third-order valence-corrected chi connectivity index (χ3v) is 5.55. The van der Waals surface area contributed by atoms with Gasteiger partial charge in [-0.15, -0.1) is 11.3 Å². The van der Waals surface area contributed by atoms with E-state index >= 15 is 0 Å². The standard InChI is InChI=1S/C19H20F4N4O2S/c1-18(2,3)29-17(28)27-8-11(20)13(9-27)26-12-4-5-25-15-10(6-19(21,22)23)14(7-24)30-16(12)15/h4-5,11,13H,6,8-9H2,1-3H3,(H,25,26)/t11-,13+/m0/s1. The highest BCUT2D eigenvalue weighted by molar-refractivity contribution is 7.20. The maximum Gasteiger partial charge on any atom is 0.410 e. The van der Waals surface area contributed by atoms with Gasteiger partial charge in [-0.3, -0.25) is 4.98 Å². The lowest BCUT2D eigenvalue weighted by atomic mass is 10.1. The van der Waals surface area contributed by atoms with Crippen LogP contribution in [0.3, 0.4) is 0 Å². The lowest BCUT2D eigenvalue weighted by molar-refractivity contribution is -0.127. The third kappa shape index (κ3) is 4.92. The van der Waals surface area contributed by atoms with E-state index in [1.807, 2.05) is 0 Å². The number of pyridine rings is 1. The molecule has 1 amide bonds. The summed E-state index contributed by atoms with van der Waals surface area (Å²) < 4.78 is 59.0. The minimum absolute atomic E-state index is 0.0335. The zero-order valence-electron chi connectivity index (χ0n) is 16.5. The van der Waals surface area contributed by atoms with Crippen LogP contribution in [0.2, 0.25) is 0 Å². The first-order valence-corrected chi connectivity index (χ1v) is 9.95. The number of nitriles is 1. The molecule has 0 spiro atoms. The average Bonchev–Trinajstić information content (AvgIpc) is 3.14. The topological polar surface area (TPSA) is 78.2 Å². The molecule has 1 aliphatic rings. The van der Waals surface area contributed by atoms with Crippen LogP contribution < -0.4 is 5.32 Å². The van der Waals surface area contributed by atoms with Gasteiger partial charge in [0.15, 0.2) is 0 Å². The van der Waals surface area contributed by atoms with E-state index in [2.05, 4.69) is 10.3 Å². The van der Waals surface area contributed by atoms with Crippen molar-refractivity contribution in [3.63, 3.8) is 0 Å². The number of rotatable bonds is 3. The molecule has 3 rings (SSSR count). The molecule has 3 heterocycles. The Kier molecular flexibility index (Phi) is 5.82. The van der Waals surface area contributed by atoms with Crippen molar-refractivity contribution in [1.82, 2.24) is 9.88 Å². The summed E-state index contributed by atoms with van der Waals surface area (Å²) in [7, 11) is 0. The SMILES string of the molecule is CC(C)(C)OC(=O)N1C[C@H](F)[C@H](Nc2ccnc3c(CC(F)(F)F)c(C#N)sc23)C1. The molecule has 2 aromatic heterocycles. The Balaban J connectivity index is 1.84. The molecule has 1 saturated heterocycles. The smallest absolute Gasteiger partial charge is 0.410 e. The molecule has 0 aromatic carbocycles. The predicted molar refractivity (Wildman–Crippen MR) is 104 cm³/mol. The highest BCUT2D eigenvalue weighted by Crippen LogP contribution is 2.38. The van der Waals surface area contributed by atoms with E-state index in [-0.39, 0.29) is 29.0 Å². The Morgan fingerprint density at radius 1 is 1.40 bits per heavy atom. The summed E-state index contributed by atoms with van der Waals surface area (Å²) in [6.45, 7) is 5.00. The molecule has 1 fully saturated rings. The van der Waals surface area contributed by atoms with Crippen LogP contribution >= 0.6 is 11.3 Å². The maximum atomic E-state index is 14.6. The molecule has 0 saturated carbocycles. The molecule has 0 aliphatic carbocycles. The van der Waals surface area contributed by atoms with Crippen LogP contribution in [0.25, 0.3) is 10.2 Å². The third-order valence-electron chi connectivity index (χ3n) is 4.39. The Hall–Kier alpha value is -2.61. The minimum atomic E-state index is -4.49. The monoisotopic (exact) mass is 444 g/mol. The van der Waals surface area contributed by atoms with E-state index in [0.29, 0.717) is 10.4 Å². The molecular weight excluding hydrogens is 424 g/mol. The van der Waals surface area contributed by atoms with Gasteiger partial charge < -0.3 is 15.0 Å². The molecule has 2 aromatic rings. The summed E-state index contributed by atoms with van der Waals surface area (Å²) in [5, 5.41) is 12.2. The van der Waals surface area contributed by atoms with Crippen LogP contribution in [0.15, 0.2) is 12.3 Å². The maximum absolute atomic E-state index is 14.6. The molecule has 0 unspecified atom stereocenters. The summed E-state index contributed by atoms with van der Waals surface area (Å²) in [4.78, 5) is 17.4. The number of halogens is 4. The first-order chi connectivity index (χ1) is 13.9. The number of carbonyl (C=O) groups excluding carboxylic acids is 1. The van der Waals surface area contributed by atoms with Crippen LogP contribution in [0, 0.1) is 11.3 Å². The number of carbonyl (C=O) groups is 1. The first kappa shape index (κ1) is 22.1. The van der Waals surface area contributed by atoms with Gasteiger partial charge in [0.1, 0.15) is 22.7 Å². The molecule has 162 valence electrons. The molecule has 30 heavy (non-hydrogen) atoms. The Morgan fingerprint density at radius 3 is 2.70 bits per heavy atom. The molecule has 2 atom stereocenters. The van der Waals surface area contributed by atoms with Crippen molar-refractivity contribution in [1.29, 1.82) is 5.26 Å². The lowest BCUT2D eigenvalue weighted by Crippen LogP contribution is -2.36. The van der Waals surface area contributed by atoms with Crippen molar-refractivity contribution in [2.24, 2.45) is 0 Å². The second kappa shape index (κ2) is 7.91. The fourth-order valence-corrected chi connectivity index (χ4v) is 4.23. The summed E-state index contributed by atoms with van der Waals surface area (Å²) in [6.07, 6.45) is -6.48. The Morgan fingerprint density at radius 2 is 2.10 bits per heavy atom. The van der Waals surface area contributed by atoms with Gasteiger partial charge in [0.25, 0.3) is 0 Å². The largest absolute Gasteiger partial charge is 0.444 e. The number of likely N-dealkylation sites (tertiary alicyclic amines) is 1. The fraction of sp³-hybridized carbons (Fsp3) is 0.526. The molecular formula is C19H20F4N4O2S. The fourth-order valence-electron chi connectivity index (χ4n) is 3.18. The number of hydrogen-bond acceptors (Lipinski definition) is 6. The van der Waals surface area contributed by atoms with E-state index in [9.17, 15) is 27.6 Å². The number of hydrogen-bond donors (Lipinski definition) is 1. The molecule has 0 bridgehead atoms. The zero-order valence-corrected chi connectivity index (χ0v) is 17.3. The van der Waals surface area contributed by atoms with E-state index in [4.69, 9.17) is 4.74 Å². The van der Waals surface area contributed by atoms with Gasteiger partial charge in [-0.25, -0.2) is 9.18 Å². The van der Waals surface area contributed by atoms with E-state index < -0.39 is 36.5 Å². The van der Waals surface area contributed by atoms with Gasteiger partial charge >= 0.3 is 12.3 Å². The number of alkyl halides is 4. The molecule has 1 aliphatic heterocycles. The van der Waals surface area contributed by atoms with Gasteiger partial charge in [-0.2, -0.15) is 18.4 Å². The van der Waals surface area contributed by atoms with Crippen LogP contribution in [-0.2, 0) is 11.2 Å². The van der Waals surface area contributed by atoms with Gasteiger partial charge in [0, 0.05) is 18.3 Å². The lowest BCUT2D eigenvalue weighted by Gasteiger charge is -2.24. The number of ether oxygens (including phenoxy) is 1. The number of amides is 1. The number of nitrogens with zero attached hydrogens (tertiary/aromatic N) is 3. The summed E-state index contributed by atoms with van der Waals surface area (Å²) in [5.41, 5.74) is -0.470. The van der Waals surface area contributed by atoms with Crippen molar-refractivity contribution in [2.45, 2.75) is 51.2 Å². The van der Waals surface area contributed by atoms with Crippen molar-refractivity contribution in [2.75, 3.05) is 18.4 Å². The van der Waals surface area contributed by atoms with Crippen LogP contribution in [0.1, 0.15) is 31.2 Å². The normalized spacial score (nSPS) is 19.7. The van der Waals surface area contributed by atoms with Crippen molar-refractivity contribution in [3.8, 4) is 6.07 Å². The Labute approximate surface area is 174 Å². The molecule has 0 radical (unpaired) electrons. The quantitative estimate of drug-likeness (QED) is 0.698. The minimum Gasteiger partial charge on any atom is -0.444 e. The van der Waals surface area contributed by atoms with Crippen molar-refractivity contribution >= 4 is 33.3 Å². The van der Waals surface area contributed by atoms with Gasteiger partial charge in [-0.05, 0) is 26.8 Å². The predicted octanol–water partition coefficient (Wildman–Crippen LogP) is 4.64. The van der Waals surface area contributed by atoms with E-state index in [1.165, 1.54) is 17.2 Å². The molecule has 6 nitrogen and oxygen atoms in total. The van der Waals surface area contributed by atoms with Crippen LogP contribution in [0.5, 0.6) is 0 Å². The van der Waals surface area contributed by atoms with Gasteiger partial charge in [0.05, 0.1) is 34.9 Å². The first-order valence-electron chi connectivity index (χ1n) is 9.13. The summed E-state index contributed by atoms with van der Waals surface area (Å²) >= 11 is 0.877. The highest BCUT2D eigenvalue weighted by atomic mass is 32.1. The average molecular weight is 444 g/mol. The van der Waals surface area contributed by atoms with Crippen molar-refractivity contribution < 1.29 is 27.1 Å². The van der Waals surface area contributed by atoms with Crippen LogP contribution in [0.4, 0.5) is 28.0 Å². The van der Waals surface area contributed by atoms with Gasteiger partial charge in [-0.1, -0.05) is 0 Å². The van der Waals surface area contributed by atoms with E-state index in [0.717, 1.165) is 11.3 Å². The Bertz CT molecular complexity index is 993. The number of anilines is 1. The number of aromatic nitrogens is 1. The zero-order chi connectivity index (χ0) is 22.3. The van der Waals surface area contributed by atoms with Crippen molar-refractivity contribution in [3.05, 3.63) is 22.7 Å². The van der Waals surface area contributed by atoms with Crippen LogP contribution in [-0.4, -0.2) is 53.1 Å². The van der Waals surface area contributed by atoms with Gasteiger partial charge in [0.2, 0.25) is 0 Å². The highest BCUT2D eigenvalue weighted by Gasteiger charge is 2.38. The van der Waals surface area contributed by atoms with E-state index in [1.54, 1.807) is 26.8 Å². The second-order valence-electron chi connectivity index (χ2n) is 8.00. The second-order valence-corrected chi connectivity index (χ2v) is 9.02. The summed E-state index contributed by atoms with van der Waals surface area (Å²) in [6, 6.07) is 2.53. The number of thiophene rings is 1. The molecule has 1 N–H and O–H groups in total. The summed E-state index contributed by atoms with van der Waals surface area (Å²) in [5.74, 6) is 0. The number of nitrogens with one attached hydrogen (secondary N) is 1.